The fraction of sp³-hybridized carbons (Fsp3) is 0.389. The molecule has 0 aliphatic heterocycles. The summed E-state index contributed by atoms with van der Waals surface area (Å²) < 4.78 is 0. The zero-order valence-electron chi connectivity index (χ0n) is 15.5. The summed E-state index contributed by atoms with van der Waals surface area (Å²) in [5.41, 5.74) is 2.15. The number of carbonyl (C=O) groups excluding carboxylic acids is 1. The van der Waals surface area contributed by atoms with Gasteiger partial charge in [-0.05, 0) is 45.3 Å². The van der Waals surface area contributed by atoms with Gasteiger partial charge in [0.05, 0.1) is 0 Å². The molecule has 0 aliphatic rings. The van der Waals surface area contributed by atoms with Crippen LogP contribution in [0.5, 0.6) is 0 Å². The smallest absolute Gasteiger partial charge is 0.274 e. The van der Waals surface area contributed by atoms with E-state index in [1.807, 2.05) is 57.4 Å². The van der Waals surface area contributed by atoms with E-state index < -0.39 is 0 Å². The molecule has 2 aromatic rings. The third-order valence-corrected chi connectivity index (χ3v) is 3.58. The van der Waals surface area contributed by atoms with Crippen molar-refractivity contribution in [3.05, 3.63) is 41.9 Å². The van der Waals surface area contributed by atoms with E-state index in [4.69, 9.17) is 0 Å². The normalized spacial score (nSPS) is 10.6. The van der Waals surface area contributed by atoms with Crippen LogP contribution in [0.4, 0.5) is 17.2 Å². The molecule has 0 bridgehead atoms. The molecule has 1 amide bonds. The summed E-state index contributed by atoms with van der Waals surface area (Å²) in [6.07, 6.45) is 0. The highest BCUT2D eigenvalue weighted by molar-refractivity contribution is 6.03. The number of nitrogens with one attached hydrogen (secondary N) is 2. The van der Waals surface area contributed by atoms with Gasteiger partial charge in [0.2, 0.25) is 0 Å². The maximum absolute atomic E-state index is 12.5. The Kier molecular flexibility index (Phi) is 6.30. The Bertz CT molecular complexity index is 712. The van der Waals surface area contributed by atoms with Crippen LogP contribution in [-0.4, -0.2) is 62.1 Å². The molecule has 0 atom stereocenters. The maximum Gasteiger partial charge on any atom is 0.274 e. The highest BCUT2D eigenvalue weighted by Crippen LogP contribution is 2.16. The molecular weight excluding hydrogens is 316 g/mol. The van der Waals surface area contributed by atoms with Crippen molar-refractivity contribution in [2.45, 2.75) is 6.92 Å². The monoisotopic (exact) mass is 342 g/mol. The Morgan fingerprint density at radius 1 is 1.08 bits per heavy atom. The SMILES string of the molecule is Cc1nc(NCCN(C)C)cc(C(=O)Nc2ccc(N(C)C)cc2)n1. The lowest BCUT2D eigenvalue weighted by atomic mass is 10.2. The number of likely N-dealkylation sites (N-methyl/N-ethyl adjacent to an activating group) is 1. The van der Waals surface area contributed by atoms with Gasteiger partial charge in [-0.1, -0.05) is 0 Å². The van der Waals surface area contributed by atoms with Crippen LogP contribution in [0, 0.1) is 6.92 Å². The molecule has 2 rings (SSSR count). The van der Waals surface area contributed by atoms with Crippen LogP contribution in [0.25, 0.3) is 0 Å². The van der Waals surface area contributed by atoms with E-state index in [-0.39, 0.29) is 5.91 Å². The number of hydrogen-bond acceptors (Lipinski definition) is 6. The molecule has 0 radical (unpaired) electrons. The predicted molar refractivity (Wildman–Crippen MR) is 103 cm³/mol. The van der Waals surface area contributed by atoms with Gasteiger partial charge >= 0.3 is 0 Å². The third-order valence-electron chi connectivity index (χ3n) is 3.58. The fourth-order valence-corrected chi connectivity index (χ4v) is 2.22. The number of carbonyl (C=O) groups is 1. The Hall–Kier alpha value is -2.67. The largest absolute Gasteiger partial charge is 0.378 e. The first kappa shape index (κ1) is 18.7. The third kappa shape index (κ3) is 5.72. The van der Waals surface area contributed by atoms with Gasteiger partial charge in [0.25, 0.3) is 5.91 Å². The van der Waals surface area contributed by atoms with Gasteiger partial charge in [-0.2, -0.15) is 0 Å². The van der Waals surface area contributed by atoms with Crippen molar-refractivity contribution in [1.82, 2.24) is 14.9 Å². The molecule has 0 aliphatic carbocycles. The van der Waals surface area contributed by atoms with E-state index in [1.165, 1.54) is 0 Å². The molecule has 1 aromatic carbocycles. The van der Waals surface area contributed by atoms with E-state index in [0.29, 0.717) is 17.3 Å². The van der Waals surface area contributed by atoms with Crippen LogP contribution >= 0.6 is 0 Å². The molecule has 2 N–H and O–H groups in total. The van der Waals surface area contributed by atoms with E-state index >= 15 is 0 Å². The van der Waals surface area contributed by atoms with Crippen molar-refractivity contribution in [3.63, 3.8) is 0 Å². The molecule has 25 heavy (non-hydrogen) atoms. The predicted octanol–water partition coefficient (Wildman–Crippen LogP) is 2.08. The molecule has 1 aromatic heterocycles. The van der Waals surface area contributed by atoms with Crippen molar-refractivity contribution < 1.29 is 4.79 Å². The average molecular weight is 342 g/mol. The molecule has 134 valence electrons. The lowest BCUT2D eigenvalue weighted by molar-refractivity contribution is 0.102. The van der Waals surface area contributed by atoms with Crippen LogP contribution in [0.1, 0.15) is 16.3 Å². The molecular formula is C18H26N6O. The highest BCUT2D eigenvalue weighted by atomic mass is 16.1. The minimum Gasteiger partial charge on any atom is -0.378 e. The van der Waals surface area contributed by atoms with Crippen LogP contribution in [0.3, 0.4) is 0 Å². The van der Waals surface area contributed by atoms with Crippen molar-refractivity contribution in [2.24, 2.45) is 0 Å². The zero-order valence-corrected chi connectivity index (χ0v) is 15.5. The number of benzene rings is 1. The van der Waals surface area contributed by atoms with Gasteiger partial charge in [0.15, 0.2) is 0 Å². The van der Waals surface area contributed by atoms with Crippen LogP contribution < -0.4 is 15.5 Å². The van der Waals surface area contributed by atoms with Crippen molar-refractivity contribution >= 4 is 23.1 Å². The summed E-state index contributed by atoms with van der Waals surface area (Å²) in [6, 6.07) is 9.32. The molecule has 0 unspecified atom stereocenters. The molecule has 0 saturated heterocycles. The number of hydrogen-bond donors (Lipinski definition) is 2. The van der Waals surface area contributed by atoms with E-state index in [2.05, 4.69) is 25.5 Å². The average Bonchev–Trinajstić information content (AvgIpc) is 2.54. The van der Waals surface area contributed by atoms with E-state index in [1.54, 1.807) is 13.0 Å². The first-order valence-electron chi connectivity index (χ1n) is 8.18. The molecule has 0 saturated carbocycles. The standard InChI is InChI=1S/C18H26N6O/c1-13-20-16(12-17(21-13)19-10-11-23(2)3)18(25)22-14-6-8-15(9-7-14)24(4)5/h6-9,12H,10-11H2,1-5H3,(H,22,25)(H,19,20,21). The Morgan fingerprint density at radius 2 is 1.76 bits per heavy atom. The van der Waals surface area contributed by atoms with E-state index in [9.17, 15) is 4.79 Å². The summed E-state index contributed by atoms with van der Waals surface area (Å²) >= 11 is 0. The van der Waals surface area contributed by atoms with Gasteiger partial charge in [0, 0.05) is 44.6 Å². The second-order valence-electron chi connectivity index (χ2n) is 6.31. The molecule has 1 heterocycles. The zero-order chi connectivity index (χ0) is 18.4. The van der Waals surface area contributed by atoms with Gasteiger partial charge in [-0.3, -0.25) is 4.79 Å². The lowest BCUT2D eigenvalue weighted by Crippen LogP contribution is -2.22. The van der Waals surface area contributed by atoms with Crippen molar-refractivity contribution in [1.29, 1.82) is 0 Å². The minimum absolute atomic E-state index is 0.251. The summed E-state index contributed by atoms with van der Waals surface area (Å²) in [7, 11) is 7.96. The summed E-state index contributed by atoms with van der Waals surface area (Å²) in [4.78, 5) is 25.1. The maximum atomic E-state index is 12.5. The number of nitrogens with zero attached hydrogens (tertiary/aromatic N) is 4. The van der Waals surface area contributed by atoms with Gasteiger partial charge in [-0.25, -0.2) is 9.97 Å². The van der Waals surface area contributed by atoms with Crippen LogP contribution in [0.15, 0.2) is 30.3 Å². The van der Waals surface area contributed by atoms with Gasteiger partial charge < -0.3 is 20.4 Å². The van der Waals surface area contributed by atoms with E-state index in [0.717, 1.165) is 24.5 Å². The molecule has 0 fully saturated rings. The topological polar surface area (TPSA) is 73.4 Å². The van der Waals surface area contributed by atoms with Crippen LogP contribution in [-0.2, 0) is 0 Å². The van der Waals surface area contributed by atoms with Gasteiger partial charge in [-0.15, -0.1) is 0 Å². The quantitative estimate of drug-likeness (QED) is 0.802. The minimum atomic E-state index is -0.251. The lowest BCUT2D eigenvalue weighted by Gasteiger charge is -2.13. The number of amides is 1. The first-order chi connectivity index (χ1) is 11.8. The number of aromatic nitrogens is 2. The Balaban J connectivity index is 2.06. The highest BCUT2D eigenvalue weighted by Gasteiger charge is 2.11. The second-order valence-corrected chi connectivity index (χ2v) is 6.31. The molecule has 0 spiro atoms. The Labute approximate surface area is 149 Å². The summed E-state index contributed by atoms with van der Waals surface area (Å²) in [5.74, 6) is 0.962. The number of rotatable bonds is 7. The number of aryl methyl sites for hydroxylation is 1. The van der Waals surface area contributed by atoms with Gasteiger partial charge in [0.1, 0.15) is 17.3 Å². The summed E-state index contributed by atoms with van der Waals surface area (Å²) in [6.45, 7) is 3.40. The van der Waals surface area contributed by atoms with Crippen molar-refractivity contribution in [3.8, 4) is 0 Å². The van der Waals surface area contributed by atoms with Crippen LogP contribution in [0.2, 0.25) is 0 Å². The molecule has 7 heteroatoms. The molecule has 7 nitrogen and oxygen atoms in total. The Morgan fingerprint density at radius 3 is 2.36 bits per heavy atom. The first-order valence-corrected chi connectivity index (χ1v) is 8.18. The summed E-state index contributed by atoms with van der Waals surface area (Å²) in [5, 5.41) is 6.09. The van der Waals surface area contributed by atoms with Crippen molar-refractivity contribution in [2.75, 3.05) is 56.8 Å². The fourth-order valence-electron chi connectivity index (χ4n) is 2.22. The number of anilines is 3. The second kappa shape index (κ2) is 8.43.